The molecular formula is C43H43Cl2N11O6. The number of hydrazine groups is 1. The molecule has 0 atom stereocenters. The summed E-state index contributed by atoms with van der Waals surface area (Å²) >= 11 is 12.7. The van der Waals surface area contributed by atoms with E-state index in [0.29, 0.717) is 78.0 Å². The van der Waals surface area contributed by atoms with Crippen LogP contribution in [0.1, 0.15) is 38.3 Å². The zero-order valence-corrected chi connectivity index (χ0v) is 34.7. The molecule has 62 heavy (non-hydrogen) atoms. The fraction of sp³-hybridized carbons (Fsp3) is 0.186. The summed E-state index contributed by atoms with van der Waals surface area (Å²) in [5, 5.41) is 6.85. The predicted molar refractivity (Wildman–Crippen MR) is 237 cm³/mol. The minimum atomic E-state index is -0.658. The van der Waals surface area contributed by atoms with Crippen molar-refractivity contribution in [3.05, 3.63) is 142 Å². The molecule has 0 radical (unpaired) electrons. The highest BCUT2D eigenvalue weighted by Crippen LogP contribution is 2.32. The number of ether oxygens (including phenoxy) is 3. The first-order valence-electron chi connectivity index (χ1n) is 19.2. The van der Waals surface area contributed by atoms with Crippen LogP contribution in [-0.2, 0) is 22.7 Å². The summed E-state index contributed by atoms with van der Waals surface area (Å²) in [5.74, 6) is 0.618. The van der Waals surface area contributed by atoms with Gasteiger partial charge in [-0.05, 0) is 47.5 Å². The summed E-state index contributed by atoms with van der Waals surface area (Å²) < 4.78 is 16.8. The Morgan fingerprint density at radius 3 is 1.79 bits per heavy atom. The molecule has 7 rings (SSSR count). The van der Waals surface area contributed by atoms with E-state index in [2.05, 4.69) is 46.3 Å². The number of benzene rings is 4. The highest BCUT2D eigenvalue weighted by atomic mass is 35.5. The number of hydrogen-bond donors (Lipinski definition) is 6. The molecule has 3 heterocycles. The topological polar surface area (TPSA) is 234 Å². The van der Waals surface area contributed by atoms with Gasteiger partial charge in [-0.3, -0.25) is 30.1 Å². The number of morpholine rings is 1. The minimum absolute atomic E-state index is 0.0171. The summed E-state index contributed by atoms with van der Waals surface area (Å²) in [7, 11) is 0. The van der Waals surface area contributed by atoms with E-state index in [1.807, 2.05) is 60.7 Å². The molecule has 0 aliphatic carbocycles. The number of aldehydes is 1. The van der Waals surface area contributed by atoms with Crippen LogP contribution in [0.25, 0.3) is 0 Å². The van der Waals surface area contributed by atoms with Gasteiger partial charge in [0.05, 0.1) is 28.8 Å². The van der Waals surface area contributed by atoms with Gasteiger partial charge in [0, 0.05) is 37.4 Å². The highest BCUT2D eigenvalue weighted by molar-refractivity contribution is 6.32. The zero-order valence-electron chi connectivity index (χ0n) is 33.2. The van der Waals surface area contributed by atoms with Crippen LogP contribution in [0.3, 0.4) is 0 Å². The van der Waals surface area contributed by atoms with Crippen molar-refractivity contribution in [2.24, 2.45) is 0 Å². The smallest absolute Gasteiger partial charge is 0.277 e. The van der Waals surface area contributed by atoms with Gasteiger partial charge >= 0.3 is 0 Å². The molecule has 2 aromatic heterocycles. The van der Waals surface area contributed by atoms with Crippen LogP contribution in [0.4, 0.5) is 34.6 Å². The monoisotopic (exact) mass is 879 g/mol. The van der Waals surface area contributed by atoms with Gasteiger partial charge in [-0.2, -0.15) is 0 Å². The van der Waals surface area contributed by atoms with Gasteiger partial charge in [-0.1, -0.05) is 83.9 Å². The average molecular weight is 881 g/mol. The number of aromatic nitrogens is 4. The minimum Gasteiger partial charge on any atom is -0.487 e. The molecule has 1 aliphatic heterocycles. The number of amides is 2. The van der Waals surface area contributed by atoms with Gasteiger partial charge in [0.25, 0.3) is 5.91 Å². The number of halogens is 2. The molecule has 320 valence electrons. The first-order chi connectivity index (χ1) is 30.2. The molecule has 17 nitrogen and oxygen atoms in total. The maximum absolute atomic E-state index is 12.8. The van der Waals surface area contributed by atoms with Gasteiger partial charge in [-0.15, -0.1) is 0 Å². The molecular weight excluding hydrogens is 837 g/mol. The SMILES string of the molecule is Nc1ncnc(Nc2ccc(OCc3ccccc3)c(Cl)c2)c1C(=O)NNC(=O)CCN1CCOCC1.Nc1ncnc(Nc2ccc(OCc3ccccc3)c(Cl)c2)c1C=O. The molecule has 6 aromatic rings. The first kappa shape index (κ1) is 44.5. The van der Waals surface area contributed by atoms with Crippen molar-refractivity contribution in [2.45, 2.75) is 19.6 Å². The van der Waals surface area contributed by atoms with Crippen LogP contribution in [0, 0.1) is 0 Å². The molecule has 0 unspecified atom stereocenters. The van der Waals surface area contributed by atoms with E-state index in [9.17, 15) is 14.4 Å². The Kier molecular flexibility index (Phi) is 16.2. The van der Waals surface area contributed by atoms with Gasteiger partial charge in [0.2, 0.25) is 5.91 Å². The largest absolute Gasteiger partial charge is 0.487 e. The lowest BCUT2D eigenvalue weighted by atomic mass is 10.2. The Morgan fingerprint density at radius 1 is 0.710 bits per heavy atom. The van der Waals surface area contributed by atoms with Crippen molar-refractivity contribution >= 4 is 75.9 Å². The summed E-state index contributed by atoms with van der Waals surface area (Å²) in [6, 6.07) is 29.8. The molecule has 0 bridgehead atoms. The van der Waals surface area contributed by atoms with Crippen molar-refractivity contribution in [1.29, 1.82) is 0 Å². The number of carbonyl (C=O) groups excluding carboxylic acids is 3. The lowest BCUT2D eigenvalue weighted by Crippen LogP contribution is -2.44. The van der Waals surface area contributed by atoms with Crippen molar-refractivity contribution in [3.8, 4) is 11.5 Å². The average Bonchev–Trinajstić information content (AvgIpc) is 3.28. The third kappa shape index (κ3) is 13.0. The second-order valence-corrected chi connectivity index (χ2v) is 14.2. The maximum atomic E-state index is 12.8. The third-order valence-corrected chi connectivity index (χ3v) is 9.66. The van der Waals surface area contributed by atoms with Crippen LogP contribution in [0.2, 0.25) is 10.0 Å². The second-order valence-electron chi connectivity index (χ2n) is 13.4. The van der Waals surface area contributed by atoms with Crippen molar-refractivity contribution in [3.63, 3.8) is 0 Å². The molecule has 2 amide bonds. The summed E-state index contributed by atoms with van der Waals surface area (Å²) in [5.41, 5.74) is 19.9. The number of hydrogen-bond acceptors (Lipinski definition) is 15. The van der Waals surface area contributed by atoms with Crippen LogP contribution >= 0.6 is 23.2 Å². The number of nitrogens with zero attached hydrogens (tertiary/aromatic N) is 5. The van der Waals surface area contributed by atoms with E-state index < -0.39 is 5.91 Å². The molecule has 4 aromatic carbocycles. The Labute approximate surface area is 367 Å². The maximum Gasteiger partial charge on any atom is 0.277 e. The van der Waals surface area contributed by atoms with Crippen LogP contribution in [0.15, 0.2) is 110 Å². The Hall–Kier alpha value is -7.05. The van der Waals surface area contributed by atoms with E-state index in [1.165, 1.54) is 12.7 Å². The van der Waals surface area contributed by atoms with E-state index in [-0.39, 0.29) is 40.9 Å². The number of nitrogens with one attached hydrogen (secondary N) is 4. The molecule has 1 aliphatic rings. The van der Waals surface area contributed by atoms with E-state index in [0.717, 1.165) is 24.2 Å². The Morgan fingerprint density at radius 2 is 1.24 bits per heavy atom. The fourth-order valence-corrected chi connectivity index (χ4v) is 6.28. The Balaban J connectivity index is 0.000000223. The van der Waals surface area contributed by atoms with E-state index in [1.54, 1.807) is 36.4 Å². The molecule has 1 fully saturated rings. The van der Waals surface area contributed by atoms with Crippen molar-refractivity contribution in [1.82, 2.24) is 35.7 Å². The summed E-state index contributed by atoms with van der Waals surface area (Å²) in [6.45, 7) is 4.21. The molecule has 8 N–H and O–H groups in total. The fourth-order valence-electron chi connectivity index (χ4n) is 5.81. The van der Waals surface area contributed by atoms with E-state index >= 15 is 0 Å². The number of nitrogen functional groups attached to an aromatic ring is 2. The summed E-state index contributed by atoms with van der Waals surface area (Å²) in [6.07, 6.45) is 3.35. The Bertz CT molecular complexity index is 2450. The first-order valence-corrected chi connectivity index (χ1v) is 19.9. The lowest BCUT2D eigenvalue weighted by Gasteiger charge is -2.26. The summed E-state index contributed by atoms with van der Waals surface area (Å²) in [4.78, 5) is 54.1. The van der Waals surface area contributed by atoms with Crippen molar-refractivity contribution in [2.75, 3.05) is 54.9 Å². The third-order valence-electron chi connectivity index (χ3n) is 9.07. The van der Waals surface area contributed by atoms with Crippen LogP contribution < -0.4 is 42.4 Å². The molecule has 1 saturated heterocycles. The second kappa shape index (κ2) is 22.5. The standard InChI is InChI=1S/C25H28ClN7O4.C18H15ClN4O2/c26-19-14-18(6-7-20(19)37-15-17-4-2-1-3-5-17)30-24-22(23(27)28-16-29-24)25(35)32-31-21(34)8-9-33-10-12-36-13-11-33;19-15-8-13(23-18-14(9-24)17(20)21-11-22-18)6-7-16(15)25-10-12-4-2-1-3-5-12/h1-7,14,16H,8-13,15H2,(H,31,34)(H,32,35)(H3,27,28,29,30);1-9,11H,10H2,(H3,20,21,22,23). The van der Waals surface area contributed by atoms with Crippen LogP contribution in [0.5, 0.6) is 11.5 Å². The normalized spacial score (nSPS) is 12.2. The molecule has 0 saturated carbocycles. The number of carbonyl (C=O) groups is 3. The quantitative estimate of drug-likeness (QED) is 0.0486. The van der Waals surface area contributed by atoms with Gasteiger partial charge in [-0.25, -0.2) is 19.9 Å². The zero-order chi connectivity index (χ0) is 43.7. The predicted octanol–water partition coefficient (Wildman–Crippen LogP) is 6.37. The van der Waals surface area contributed by atoms with Gasteiger partial charge in [0.1, 0.15) is 66.2 Å². The molecule has 0 spiro atoms. The lowest BCUT2D eigenvalue weighted by molar-refractivity contribution is -0.122. The number of nitrogens with two attached hydrogens (primary N) is 2. The van der Waals surface area contributed by atoms with E-state index in [4.69, 9.17) is 48.9 Å². The van der Waals surface area contributed by atoms with Crippen molar-refractivity contribution < 1.29 is 28.6 Å². The molecule has 19 heteroatoms. The highest BCUT2D eigenvalue weighted by Gasteiger charge is 2.20. The van der Waals surface area contributed by atoms with Gasteiger partial charge in [0.15, 0.2) is 6.29 Å². The van der Waals surface area contributed by atoms with Crippen LogP contribution in [-0.4, -0.2) is 75.8 Å². The number of rotatable bonds is 15. The van der Waals surface area contributed by atoms with Gasteiger partial charge < -0.3 is 36.3 Å². The number of anilines is 6.